The molecular formula is C14H26O3. The van der Waals surface area contributed by atoms with Crippen LogP contribution in [0.3, 0.4) is 0 Å². The Morgan fingerprint density at radius 1 is 1.35 bits per heavy atom. The van der Waals surface area contributed by atoms with Crippen LogP contribution in [-0.4, -0.2) is 36.6 Å². The Balaban J connectivity index is 2.04. The second kappa shape index (κ2) is 5.68. The Bertz CT molecular complexity index is 228. The van der Waals surface area contributed by atoms with Crippen LogP contribution < -0.4 is 0 Å². The van der Waals surface area contributed by atoms with Gasteiger partial charge >= 0.3 is 0 Å². The lowest BCUT2D eigenvalue weighted by Crippen LogP contribution is -2.51. The van der Waals surface area contributed by atoms with Crippen molar-refractivity contribution >= 4 is 0 Å². The maximum Gasteiger partial charge on any atom is 0.0943 e. The van der Waals surface area contributed by atoms with Crippen LogP contribution in [0.1, 0.15) is 46.0 Å². The van der Waals surface area contributed by atoms with Crippen LogP contribution in [0, 0.1) is 11.8 Å². The number of aliphatic hydroxyl groups is 1. The van der Waals surface area contributed by atoms with Crippen molar-refractivity contribution in [1.82, 2.24) is 0 Å². The zero-order valence-corrected chi connectivity index (χ0v) is 11.2. The zero-order valence-electron chi connectivity index (χ0n) is 11.2. The molecule has 1 aliphatic heterocycles. The molecule has 2 fully saturated rings. The molecule has 17 heavy (non-hydrogen) atoms. The molecular weight excluding hydrogens is 216 g/mol. The van der Waals surface area contributed by atoms with E-state index in [4.69, 9.17) is 9.47 Å². The summed E-state index contributed by atoms with van der Waals surface area (Å²) in [4.78, 5) is 0. The molecule has 3 nitrogen and oxygen atoms in total. The minimum Gasteiger partial charge on any atom is -0.390 e. The van der Waals surface area contributed by atoms with E-state index in [0.29, 0.717) is 13.2 Å². The van der Waals surface area contributed by atoms with Crippen molar-refractivity contribution in [3.63, 3.8) is 0 Å². The molecule has 1 heterocycles. The molecule has 1 N–H and O–H groups in total. The van der Waals surface area contributed by atoms with Gasteiger partial charge in [0.15, 0.2) is 0 Å². The molecule has 1 aliphatic carbocycles. The van der Waals surface area contributed by atoms with Gasteiger partial charge in [-0.05, 0) is 44.9 Å². The highest BCUT2D eigenvalue weighted by Crippen LogP contribution is 2.40. The van der Waals surface area contributed by atoms with Crippen LogP contribution >= 0.6 is 0 Å². The van der Waals surface area contributed by atoms with E-state index < -0.39 is 0 Å². The third kappa shape index (κ3) is 2.83. The molecule has 0 bridgehead atoms. The standard InChI is InChI=1S/C14H26O3/c1-3-17-14(7-4-11(2)5-8-14)13(15)12-6-9-16-10-12/h11-13,15H,3-10H2,1-2H3. The second-order valence-electron chi connectivity index (χ2n) is 5.75. The number of ether oxygens (including phenoxy) is 2. The normalized spacial score (nSPS) is 40.4. The number of hydrogen-bond acceptors (Lipinski definition) is 3. The van der Waals surface area contributed by atoms with Gasteiger partial charge in [0.25, 0.3) is 0 Å². The molecule has 2 unspecified atom stereocenters. The molecule has 0 radical (unpaired) electrons. The predicted molar refractivity (Wildman–Crippen MR) is 66.9 cm³/mol. The summed E-state index contributed by atoms with van der Waals surface area (Å²) in [5.41, 5.74) is -0.292. The molecule has 2 aliphatic rings. The third-order valence-electron chi connectivity index (χ3n) is 4.50. The molecule has 3 heteroatoms. The topological polar surface area (TPSA) is 38.7 Å². The fraction of sp³-hybridized carbons (Fsp3) is 1.00. The Kier molecular flexibility index (Phi) is 4.45. The van der Waals surface area contributed by atoms with Gasteiger partial charge in [-0.2, -0.15) is 0 Å². The van der Waals surface area contributed by atoms with E-state index in [1.165, 1.54) is 12.8 Å². The Labute approximate surface area is 104 Å². The molecule has 1 saturated heterocycles. The fourth-order valence-electron chi connectivity index (χ4n) is 3.30. The lowest BCUT2D eigenvalue weighted by molar-refractivity contribution is -0.160. The number of hydrogen-bond donors (Lipinski definition) is 1. The zero-order chi connectivity index (χ0) is 12.3. The summed E-state index contributed by atoms with van der Waals surface area (Å²) in [6.45, 7) is 6.50. The predicted octanol–water partition coefficient (Wildman–Crippen LogP) is 2.37. The smallest absolute Gasteiger partial charge is 0.0943 e. The molecule has 0 aromatic carbocycles. The molecule has 0 aromatic heterocycles. The molecule has 2 atom stereocenters. The highest BCUT2D eigenvalue weighted by atomic mass is 16.5. The number of aliphatic hydroxyl groups excluding tert-OH is 1. The summed E-state index contributed by atoms with van der Waals surface area (Å²) in [5.74, 6) is 1.05. The highest BCUT2D eigenvalue weighted by Gasteiger charge is 2.45. The van der Waals surface area contributed by atoms with E-state index in [1.807, 2.05) is 6.92 Å². The third-order valence-corrected chi connectivity index (χ3v) is 4.50. The van der Waals surface area contributed by atoms with Crippen LogP contribution in [-0.2, 0) is 9.47 Å². The first kappa shape index (κ1) is 13.3. The van der Waals surface area contributed by atoms with E-state index in [0.717, 1.165) is 31.8 Å². The summed E-state index contributed by atoms with van der Waals surface area (Å²) in [6.07, 6.45) is 4.97. The van der Waals surface area contributed by atoms with Gasteiger partial charge in [0.1, 0.15) is 0 Å². The van der Waals surface area contributed by atoms with Gasteiger partial charge < -0.3 is 14.6 Å². The molecule has 1 saturated carbocycles. The van der Waals surface area contributed by atoms with Crippen LogP contribution in [0.2, 0.25) is 0 Å². The van der Waals surface area contributed by atoms with Crippen molar-refractivity contribution in [2.45, 2.75) is 57.7 Å². The highest BCUT2D eigenvalue weighted by molar-refractivity contribution is 4.96. The van der Waals surface area contributed by atoms with Crippen LogP contribution in [0.15, 0.2) is 0 Å². The molecule has 0 amide bonds. The summed E-state index contributed by atoms with van der Waals surface area (Å²) < 4.78 is 11.4. The van der Waals surface area contributed by atoms with Crippen molar-refractivity contribution in [2.24, 2.45) is 11.8 Å². The maximum atomic E-state index is 10.6. The second-order valence-corrected chi connectivity index (χ2v) is 5.75. The summed E-state index contributed by atoms with van der Waals surface area (Å²) in [6, 6.07) is 0. The van der Waals surface area contributed by atoms with Crippen molar-refractivity contribution in [3.8, 4) is 0 Å². The molecule has 0 spiro atoms. The van der Waals surface area contributed by atoms with Gasteiger partial charge in [-0.15, -0.1) is 0 Å². The minimum atomic E-state index is -0.350. The van der Waals surface area contributed by atoms with E-state index in [9.17, 15) is 5.11 Å². The lowest BCUT2D eigenvalue weighted by atomic mass is 9.73. The van der Waals surface area contributed by atoms with Gasteiger partial charge in [0.2, 0.25) is 0 Å². The summed E-state index contributed by atoms with van der Waals surface area (Å²) >= 11 is 0. The van der Waals surface area contributed by atoms with Gasteiger partial charge in [0.05, 0.1) is 18.3 Å². The van der Waals surface area contributed by atoms with E-state index in [2.05, 4.69) is 6.92 Å². The first-order valence-corrected chi connectivity index (χ1v) is 7.07. The van der Waals surface area contributed by atoms with E-state index >= 15 is 0 Å². The first-order valence-electron chi connectivity index (χ1n) is 7.07. The van der Waals surface area contributed by atoms with Crippen molar-refractivity contribution < 1.29 is 14.6 Å². The minimum absolute atomic E-state index is 0.273. The fourth-order valence-corrected chi connectivity index (χ4v) is 3.30. The average molecular weight is 242 g/mol. The van der Waals surface area contributed by atoms with Crippen molar-refractivity contribution in [2.75, 3.05) is 19.8 Å². The first-order chi connectivity index (χ1) is 8.18. The largest absolute Gasteiger partial charge is 0.390 e. The Hall–Kier alpha value is -0.120. The Morgan fingerprint density at radius 3 is 2.59 bits per heavy atom. The van der Waals surface area contributed by atoms with E-state index in [-0.39, 0.29) is 17.6 Å². The molecule has 100 valence electrons. The van der Waals surface area contributed by atoms with E-state index in [1.54, 1.807) is 0 Å². The Morgan fingerprint density at radius 2 is 2.06 bits per heavy atom. The molecule has 0 aromatic rings. The summed E-state index contributed by atoms with van der Waals surface area (Å²) in [5, 5.41) is 10.6. The molecule has 2 rings (SSSR count). The van der Waals surface area contributed by atoms with Gasteiger partial charge in [0, 0.05) is 19.1 Å². The summed E-state index contributed by atoms with van der Waals surface area (Å²) in [7, 11) is 0. The lowest BCUT2D eigenvalue weighted by Gasteiger charge is -2.44. The van der Waals surface area contributed by atoms with Crippen LogP contribution in [0.4, 0.5) is 0 Å². The monoisotopic (exact) mass is 242 g/mol. The SMILES string of the molecule is CCOC1(C(O)C2CCOC2)CCC(C)CC1. The maximum absolute atomic E-state index is 10.6. The van der Waals surface area contributed by atoms with Crippen LogP contribution in [0.25, 0.3) is 0 Å². The van der Waals surface area contributed by atoms with Crippen molar-refractivity contribution in [3.05, 3.63) is 0 Å². The van der Waals surface area contributed by atoms with Gasteiger partial charge in [-0.25, -0.2) is 0 Å². The average Bonchev–Trinajstić information content (AvgIpc) is 2.85. The van der Waals surface area contributed by atoms with Gasteiger partial charge in [-0.3, -0.25) is 0 Å². The van der Waals surface area contributed by atoms with Crippen LogP contribution in [0.5, 0.6) is 0 Å². The van der Waals surface area contributed by atoms with Crippen molar-refractivity contribution in [1.29, 1.82) is 0 Å². The van der Waals surface area contributed by atoms with Gasteiger partial charge in [-0.1, -0.05) is 6.92 Å². The number of rotatable bonds is 4. The quantitative estimate of drug-likeness (QED) is 0.822.